The number of Topliss-reactive ketones (excluding diaryl/α,β-unsaturated/α-hetero) is 1. The Bertz CT molecular complexity index is 733. The highest BCUT2D eigenvalue weighted by molar-refractivity contribution is 6.35. The number of hydrogen-bond acceptors (Lipinski definition) is 4. The number of nitrogens with zero attached hydrogens (tertiary/aromatic N) is 1. The number of non-ortho nitro benzene ring substituents is 1. The van der Waals surface area contributed by atoms with Gasteiger partial charge in [0.05, 0.1) is 11.0 Å². The van der Waals surface area contributed by atoms with E-state index >= 15 is 0 Å². The first kappa shape index (κ1) is 16.4. The van der Waals surface area contributed by atoms with Gasteiger partial charge < -0.3 is 5.11 Å². The van der Waals surface area contributed by atoms with Crippen LogP contribution in [0.2, 0.25) is 10.0 Å². The molecule has 2 aromatic rings. The minimum atomic E-state index is -1.11. The van der Waals surface area contributed by atoms with Gasteiger partial charge in [-0.25, -0.2) is 0 Å². The van der Waals surface area contributed by atoms with Crippen molar-refractivity contribution in [3.8, 4) is 0 Å². The summed E-state index contributed by atoms with van der Waals surface area (Å²) < 4.78 is 0. The van der Waals surface area contributed by atoms with E-state index in [1.54, 1.807) is 6.07 Å². The fraction of sp³-hybridized carbons (Fsp3) is 0.133. The third kappa shape index (κ3) is 3.82. The van der Waals surface area contributed by atoms with Gasteiger partial charge in [0.15, 0.2) is 5.78 Å². The van der Waals surface area contributed by atoms with Gasteiger partial charge in [0.25, 0.3) is 5.69 Å². The molecule has 5 nitrogen and oxygen atoms in total. The van der Waals surface area contributed by atoms with Crippen LogP contribution in [0.4, 0.5) is 5.69 Å². The van der Waals surface area contributed by atoms with E-state index in [0.717, 1.165) is 0 Å². The fourth-order valence-electron chi connectivity index (χ4n) is 1.97. The van der Waals surface area contributed by atoms with E-state index in [4.69, 9.17) is 23.2 Å². The molecule has 0 bridgehead atoms. The van der Waals surface area contributed by atoms with Crippen molar-refractivity contribution in [1.29, 1.82) is 0 Å². The maximum Gasteiger partial charge on any atom is 0.270 e. The predicted octanol–water partition coefficient (Wildman–Crippen LogP) is 4.21. The Hall–Kier alpha value is -1.95. The first-order valence-corrected chi connectivity index (χ1v) is 7.04. The van der Waals surface area contributed by atoms with Gasteiger partial charge in [0.1, 0.15) is 0 Å². The van der Waals surface area contributed by atoms with Crippen LogP contribution in [0, 0.1) is 10.1 Å². The second-order valence-corrected chi connectivity index (χ2v) is 5.46. The monoisotopic (exact) mass is 339 g/mol. The zero-order chi connectivity index (χ0) is 16.3. The van der Waals surface area contributed by atoms with Gasteiger partial charge in [-0.2, -0.15) is 0 Å². The van der Waals surface area contributed by atoms with Gasteiger partial charge in [0.2, 0.25) is 0 Å². The number of ketones is 1. The fourth-order valence-corrected chi connectivity index (χ4v) is 2.50. The lowest BCUT2D eigenvalue weighted by Crippen LogP contribution is -2.08. The maximum atomic E-state index is 12.1. The maximum absolute atomic E-state index is 12.1. The number of nitro groups is 1. The molecule has 0 fully saturated rings. The molecule has 22 heavy (non-hydrogen) atoms. The lowest BCUT2D eigenvalue weighted by molar-refractivity contribution is -0.384. The Morgan fingerprint density at radius 2 is 1.95 bits per heavy atom. The summed E-state index contributed by atoms with van der Waals surface area (Å²) in [6, 6.07) is 9.93. The number of carbonyl (C=O) groups excluding carboxylic acids is 1. The van der Waals surface area contributed by atoms with Gasteiger partial charge in [-0.15, -0.1) is 0 Å². The highest BCUT2D eigenvalue weighted by Gasteiger charge is 2.18. The molecule has 2 aromatic carbocycles. The molecular weight excluding hydrogens is 329 g/mol. The number of carbonyl (C=O) groups is 1. The summed E-state index contributed by atoms with van der Waals surface area (Å²) in [5, 5.41) is 21.5. The highest BCUT2D eigenvalue weighted by atomic mass is 35.5. The van der Waals surface area contributed by atoms with E-state index in [1.165, 1.54) is 36.4 Å². The number of rotatable bonds is 5. The highest BCUT2D eigenvalue weighted by Crippen LogP contribution is 2.29. The molecule has 0 aliphatic carbocycles. The van der Waals surface area contributed by atoms with Crippen molar-refractivity contribution in [2.75, 3.05) is 0 Å². The Balaban J connectivity index is 2.17. The predicted molar refractivity (Wildman–Crippen MR) is 83.5 cm³/mol. The van der Waals surface area contributed by atoms with Crippen molar-refractivity contribution in [2.45, 2.75) is 12.5 Å². The molecular formula is C15H11Cl2NO4. The van der Waals surface area contributed by atoms with Crippen molar-refractivity contribution in [1.82, 2.24) is 0 Å². The summed E-state index contributed by atoms with van der Waals surface area (Å²) in [4.78, 5) is 22.3. The van der Waals surface area contributed by atoms with Crippen molar-refractivity contribution in [3.63, 3.8) is 0 Å². The van der Waals surface area contributed by atoms with E-state index in [1.807, 2.05) is 0 Å². The van der Waals surface area contributed by atoms with E-state index < -0.39 is 16.8 Å². The number of aliphatic hydroxyl groups excluding tert-OH is 1. The SMILES string of the molecule is O=C(CC(O)c1ccc(Cl)cc1Cl)c1cccc([N+](=O)[O-])c1. The molecule has 0 heterocycles. The number of aliphatic hydroxyl groups is 1. The van der Waals surface area contributed by atoms with Crippen molar-refractivity contribution >= 4 is 34.7 Å². The first-order chi connectivity index (χ1) is 10.4. The summed E-state index contributed by atoms with van der Waals surface area (Å²) >= 11 is 11.7. The van der Waals surface area contributed by atoms with E-state index in [-0.39, 0.29) is 22.7 Å². The molecule has 0 aliphatic heterocycles. The quantitative estimate of drug-likeness (QED) is 0.502. The summed E-state index contributed by atoms with van der Waals surface area (Å²) in [6.07, 6.45) is -1.35. The van der Waals surface area contributed by atoms with Crippen LogP contribution in [-0.4, -0.2) is 15.8 Å². The zero-order valence-corrected chi connectivity index (χ0v) is 12.7. The minimum absolute atomic E-state index is 0.165. The molecule has 0 saturated carbocycles. The third-order valence-corrected chi connectivity index (χ3v) is 3.64. The normalized spacial score (nSPS) is 12.0. The van der Waals surface area contributed by atoms with Crippen LogP contribution < -0.4 is 0 Å². The Kier molecular flexibility index (Phi) is 5.13. The van der Waals surface area contributed by atoms with Gasteiger partial charge in [-0.3, -0.25) is 14.9 Å². The average Bonchev–Trinajstić information content (AvgIpc) is 2.47. The van der Waals surface area contributed by atoms with Gasteiger partial charge in [-0.1, -0.05) is 41.4 Å². The summed E-state index contributed by atoms with van der Waals surface area (Å²) in [7, 11) is 0. The number of hydrogen-bond donors (Lipinski definition) is 1. The minimum Gasteiger partial charge on any atom is -0.388 e. The van der Waals surface area contributed by atoms with Crippen LogP contribution in [0.1, 0.15) is 28.4 Å². The number of nitro benzene ring substituents is 1. The smallest absolute Gasteiger partial charge is 0.270 e. The Labute approximate surface area is 136 Å². The van der Waals surface area contributed by atoms with Crippen LogP contribution in [0.25, 0.3) is 0 Å². The standard InChI is InChI=1S/C15H11Cl2NO4/c16-10-4-5-12(13(17)7-10)15(20)8-14(19)9-2-1-3-11(6-9)18(21)22/h1-7,15,20H,8H2. The van der Waals surface area contributed by atoms with E-state index in [0.29, 0.717) is 10.6 Å². The van der Waals surface area contributed by atoms with Crippen molar-refractivity contribution in [3.05, 3.63) is 73.8 Å². The molecule has 1 N–H and O–H groups in total. The third-order valence-electron chi connectivity index (χ3n) is 3.08. The van der Waals surface area contributed by atoms with Gasteiger partial charge in [-0.05, 0) is 17.7 Å². The lowest BCUT2D eigenvalue weighted by atomic mass is 10.00. The molecule has 0 radical (unpaired) electrons. The van der Waals surface area contributed by atoms with Crippen LogP contribution in [0.3, 0.4) is 0 Å². The number of benzene rings is 2. The van der Waals surface area contributed by atoms with Gasteiger partial charge in [0, 0.05) is 34.2 Å². The van der Waals surface area contributed by atoms with Gasteiger partial charge >= 0.3 is 0 Å². The molecule has 0 spiro atoms. The molecule has 1 unspecified atom stereocenters. The number of halogens is 2. The first-order valence-electron chi connectivity index (χ1n) is 6.29. The average molecular weight is 340 g/mol. The molecule has 7 heteroatoms. The topological polar surface area (TPSA) is 80.4 Å². The van der Waals surface area contributed by atoms with Crippen LogP contribution in [-0.2, 0) is 0 Å². The second kappa shape index (κ2) is 6.87. The molecule has 0 saturated heterocycles. The van der Waals surface area contributed by atoms with Crippen LogP contribution >= 0.6 is 23.2 Å². The van der Waals surface area contributed by atoms with E-state index in [9.17, 15) is 20.0 Å². The largest absolute Gasteiger partial charge is 0.388 e. The van der Waals surface area contributed by atoms with Crippen LogP contribution in [0.15, 0.2) is 42.5 Å². The van der Waals surface area contributed by atoms with Crippen LogP contribution in [0.5, 0.6) is 0 Å². The molecule has 0 aliphatic rings. The molecule has 0 amide bonds. The molecule has 1 atom stereocenters. The summed E-state index contributed by atoms with van der Waals surface area (Å²) in [5.41, 5.74) is 0.369. The Morgan fingerprint density at radius 1 is 1.23 bits per heavy atom. The molecule has 2 rings (SSSR count). The summed E-state index contributed by atoms with van der Waals surface area (Å²) in [6.45, 7) is 0. The summed E-state index contributed by atoms with van der Waals surface area (Å²) in [5.74, 6) is -0.415. The second-order valence-electron chi connectivity index (χ2n) is 4.62. The van der Waals surface area contributed by atoms with E-state index in [2.05, 4.69) is 0 Å². The van der Waals surface area contributed by atoms with Crippen molar-refractivity contribution in [2.24, 2.45) is 0 Å². The lowest BCUT2D eigenvalue weighted by Gasteiger charge is -2.12. The zero-order valence-electron chi connectivity index (χ0n) is 11.2. The Morgan fingerprint density at radius 3 is 2.59 bits per heavy atom. The molecule has 0 aromatic heterocycles. The molecule has 114 valence electrons. The van der Waals surface area contributed by atoms with Crippen molar-refractivity contribution < 1.29 is 14.8 Å².